The van der Waals surface area contributed by atoms with Crippen LogP contribution in [0, 0.1) is 5.92 Å². The zero-order valence-electron chi connectivity index (χ0n) is 12.5. The van der Waals surface area contributed by atoms with Gasteiger partial charge in [0.15, 0.2) is 0 Å². The Morgan fingerprint density at radius 3 is 2.50 bits per heavy atom. The van der Waals surface area contributed by atoms with Gasteiger partial charge in [0.2, 0.25) is 0 Å². The van der Waals surface area contributed by atoms with Gasteiger partial charge in [-0.2, -0.15) is 0 Å². The van der Waals surface area contributed by atoms with E-state index in [2.05, 4.69) is 29.7 Å². The summed E-state index contributed by atoms with van der Waals surface area (Å²) in [6.45, 7) is 0. The van der Waals surface area contributed by atoms with Gasteiger partial charge in [-0.3, -0.25) is 11.3 Å². The van der Waals surface area contributed by atoms with Crippen LogP contribution in [0.5, 0.6) is 0 Å². The molecule has 0 bridgehead atoms. The van der Waals surface area contributed by atoms with E-state index in [4.69, 9.17) is 5.84 Å². The van der Waals surface area contributed by atoms with Crippen molar-refractivity contribution in [2.24, 2.45) is 11.8 Å². The van der Waals surface area contributed by atoms with Crippen LogP contribution >= 0.6 is 0 Å². The minimum absolute atomic E-state index is 0.497. The van der Waals surface area contributed by atoms with Crippen LogP contribution in [0.4, 0.5) is 0 Å². The van der Waals surface area contributed by atoms with Crippen LogP contribution < -0.4 is 11.3 Å². The molecule has 1 aromatic rings. The highest BCUT2D eigenvalue weighted by Crippen LogP contribution is 2.39. The highest BCUT2D eigenvalue weighted by Gasteiger charge is 2.28. The molecule has 0 aromatic heterocycles. The fourth-order valence-electron chi connectivity index (χ4n) is 4.15. The standard InChI is InChI=1S/C18H28N2/c19-20-17(11-14-7-3-1-2-4-8-14)13-16-12-15-9-5-6-10-18(15)16/h5-6,9-10,14,16-17,20H,1-4,7-8,11-13,19H2. The van der Waals surface area contributed by atoms with E-state index in [1.54, 1.807) is 11.1 Å². The number of nitrogens with one attached hydrogen (secondary N) is 1. The highest BCUT2D eigenvalue weighted by atomic mass is 15.2. The number of fused-ring (bicyclic) bond motifs is 1. The SMILES string of the molecule is NNC(CC1CCCCCC1)CC1Cc2ccccc21. The van der Waals surface area contributed by atoms with Crippen molar-refractivity contribution >= 4 is 0 Å². The molecule has 1 saturated carbocycles. The fourth-order valence-corrected chi connectivity index (χ4v) is 4.15. The number of benzene rings is 1. The first-order chi connectivity index (χ1) is 9.86. The van der Waals surface area contributed by atoms with Crippen LogP contribution in [-0.2, 0) is 6.42 Å². The van der Waals surface area contributed by atoms with Crippen LogP contribution in [0.2, 0.25) is 0 Å². The molecule has 2 aliphatic rings. The summed E-state index contributed by atoms with van der Waals surface area (Å²) in [5.41, 5.74) is 6.21. The number of nitrogens with two attached hydrogens (primary N) is 1. The predicted octanol–water partition coefficient (Wildman–Crippen LogP) is 3.91. The molecule has 2 nitrogen and oxygen atoms in total. The lowest BCUT2D eigenvalue weighted by molar-refractivity contribution is 0.321. The van der Waals surface area contributed by atoms with Gasteiger partial charge in [-0.15, -0.1) is 0 Å². The lowest BCUT2D eigenvalue weighted by atomic mass is 9.73. The Kier molecular flexibility index (Phi) is 4.74. The summed E-state index contributed by atoms with van der Waals surface area (Å²) in [7, 11) is 0. The van der Waals surface area contributed by atoms with Crippen LogP contribution in [0.3, 0.4) is 0 Å². The Labute approximate surface area is 123 Å². The van der Waals surface area contributed by atoms with Gasteiger partial charge in [-0.25, -0.2) is 0 Å². The molecule has 2 atom stereocenters. The van der Waals surface area contributed by atoms with E-state index < -0.39 is 0 Å². The van der Waals surface area contributed by atoms with Crippen molar-refractivity contribution < 1.29 is 0 Å². The Balaban J connectivity index is 1.53. The normalized spacial score (nSPS) is 24.6. The fraction of sp³-hybridized carbons (Fsp3) is 0.667. The molecule has 0 aliphatic heterocycles. The third-order valence-electron chi connectivity index (χ3n) is 5.36. The molecule has 1 aromatic carbocycles. The summed E-state index contributed by atoms with van der Waals surface area (Å²) in [6, 6.07) is 9.38. The smallest absolute Gasteiger partial charge is 0.0219 e. The Bertz CT molecular complexity index is 421. The van der Waals surface area contributed by atoms with Gasteiger partial charge in [0.25, 0.3) is 0 Å². The lowest BCUT2D eigenvalue weighted by Crippen LogP contribution is -2.39. The van der Waals surface area contributed by atoms with Crippen molar-refractivity contribution in [3.05, 3.63) is 35.4 Å². The van der Waals surface area contributed by atoms with Crippen molar-refractivity contribution in [3.8, 4) is 0 Å². The number of hydrogen-bond acceptors (Lipinski definition) is 2. The molecule has 2 aliphatic carbocycles. The summed E-state index contributed by atoms with van der Waals surface area (Å²) in [5.74, 6) is 7.46. The number of rotatable bonds is 5. The van der Waals surface area contributed by atoms with Gasteiger partial charge in [0.1, 0.15) is 0 Å². The van der Waals surface area contributed by atoms with E-state index >= 15 is 0 Å². The third-order valence-corrected chi connectivity index (χ3v) is 5.36. The van der Waals surface area contributed by atoms with E-state index in [1.807, 2.05) is 0 Å². The first-order valence-corrected chi connectivity index (χ1v) is 8.40. The second kappa shape index (κ2) is 6.73. The maximum absolute atomic E-state index is 5.83. The molecule has 0 saturated heterocycles. The Hall–Kier alpha value is -0.860. The molecular formula is C18H28N2. The van der Waals surface area contributed by atoms with E-state index in [0.29, 0.717) is 6.04 Å². The van der Waals surface area contributed by atoms with Crippen molar-refractivity contribution in [1.29, 1.82) is 0 Å². The Morgan fingerprint density at radius 1 is 1.05 bits per heavy atom. The average Bonchev–Trinajstić information content (AvgIpc) is 2.72. The minimum atomic E-state index is 0.497. The molecule has 0 spiro atoms. The maximum Gasteiger partial charge on any atom is 0.0219 e. The third kappa shape index (κ3) is 3.24. The summed E-state index contributed by atoms with van der Waals surface area (Å²) in [4.78, 5) is 0. The molecule has 0 heterocycles. The van der Waals surface area contributed by atoms with Crippen molar-refractivity contribution in [2.75, 3.05) is 0 Å². The van der Waals surface area contributed by atoms with Crippen molar-refractivity contribution in [1.82, 2.24) is 5.43 Å². The first kappa shape index (κ1) is 14.1. The van der Waals surface area contributed by atoms with Crippen LogP contribution in [0.15, 0.2) is 24.3 Å². The summed E-state index contributed by atoms with van der Waals surface area (Å²) in [5, 5.41) is 0. The molecule has 1 fully saturated rings. The predicted molar refractivity (Wildman–Crippen MR) is 84.4 cm³/mol. The monoisotopic (exact) mass is 272 g/mol. The molecule has 2 unspecified atom stereocenters. The minimum Gasteiger partial charge on any atom is -0.271 e. The van der Waals surface area contributed by atoms with Gasteiger partial charge >= 0.3 is 0 Å². The molecule has 0 amide bonds. The molecule has 0 radical (unpaired) electrons. The van der Waals surface area contributed by atoms with E-state index in [1.165, 1.54) is 57.8 Å². The second-order valence-electron chi connectivity index (χ2n) is 6.79. The summed E-state index contributed by atoms with van der Waals surface area (Å²) >= 11 is 0. The second-order valence-corrected chi connectivity index (χ2v) is 6.79. The average molecular weight is 272 g/mol. The van der Waals surface area contributed by atoms with Gasteiger partial charge in [-0.05, 0) is 42.2 Å². The van der Waals surface area contributed by atoms with Gasteiger partial charge < -0.3 is 0 Å². The zero-order valence-corrected chi connectivity index (χ0v) is 12.5. The molecule has 2 heteroatoms. The Morgan fingerprint density at radius 2 is 1.80 bits per heavy atom. The zero-order chi connectivity index (χ0) is 13.8. The topological polar surface area (TPSA) is 38.0 Å². The summed E-state index contributed by atoms with van der Waals surface area (Å²) in [6.07, 6.45) is 12.3. The largest absolute Gasteiger partial charge is 0.271 e. The lowest BCUT2D eigenvalue weighted by Gasteiger charge is -2.34. The number of hydrazine groups is 1. The van der Waals surface area contributed by atoms with Crippen LogP contribution in [0.1, 0.15) is 68.4 Å². The van der Waals surface area contributed by atoms with E-state index in [0.717, 1.165) is 11.8 Å². The first-order valence-electron chi connectivity index (χ1n) is 8.40. The van der Waals surface area contributed by atoms with Crippen molar-refractivity contribution in [2.45, 2.75) is 69.7 Å². The molecule has 20 heavy (non-hydrogen) atoms. The highest BCUT2D eigenvalue weighted by molar-refractivity contribution is 5.39. The molecular weight excluding hydrogens is 244 g/mol. The van der Waals surface area contributed by atoms with Crippen LogP contribution in [0.25, 0.3) is 0 Å². The maximum atomic E-state index is 5.83. The van der Waals surface area contributed by atoms with Gasteiger partial charge in [0.05, 0.1) is 0 Å². The van der Waals surface area contributed by atoms with E-state index in [-0.39, 0.29) is 0 Å². The quantitative estimate of drug-likeness (QED) is 0.484. The molecule has 3 N–H and O–H groups in total. The summed E-state index contributed by atoms with van der Waals surface area (Å²) < 4.78 is 0. The van der Waals surface area contributed by atoms with Gasteiger partial charge in [0, 0.05) is 6.04 Å². The number of hydrogen-bond donors (Lipinski definition) is 2. The molecule has 110 valence electrons. The van der Waals surface area contributed by atoms with Crippen LogP contribution in [-0.4, -0.2) is 6.04 Å². The van der Waals surface area contributed by atoms with Gasteiger partial charge in [-0.1, -0.05) is 62.8 Å². The van der Waals surface area contributed by atoms with Crippen molar-refractivity contribution in [3.63, 3.8) is 0 Å². The molecule has 3 rings (SSSR count). The van der Waals surface area contributed by atoms with E-state index in [9.17, 15) is 0 Å².